The molecule has 0 spiro atoms. The van der Waals surface area contributed by atoms with Crippen LogP contribution < -0.4 is 10.1 Å². The summed E-state index contributed by atoms with van der Waals surface area (Å²) >= 11 is 0. The lowest BCUT2D eigenvalue weighted by Gasteiger charge is -2.16. The molecule has 1 rings (SSSR count). The zero-order valence-electron chi connectivity index (χ0n) is 12.4. The van der Waals surface area contributed by atoms with E-state index in [2.05, 4.69) is 18.3 Å². The maximum atomic E-state index is 9.05. The number of hydrogen-bond donors (Lipinski definition) is 2. The van der Waals surface area contributed by atoms with Crippen LogP contribution in [0.2, 0.25) is 0 Å². The normalized spacial score (nSPS) is 11.9. The summed E-state index contributed by atoms with van der Waals surface area (Å²) in [6.45, 7) is 4.02. The molecular formula is C16H24N2O2. The van der Waals surface area contributed by atoms with E-state index < -0.39 is 0 Å². The third-order valence-electron chi connectivity index (χ3n) is 3.38. The quantitative estimate of drug-likeness (QED) is 0.727. The number of ether oxygens (including phenoxy) is 1. The second-order valence-corrected chi connectivity index (χ2v) is 4.94. The van der Waals surface area contributed by atoms with Gasteiger partial charge in [0.15, 0.2) is 0 Å². The highest BCUT2D eigenvalue weighted by atomic mass is 16.5. The molecule has 20 heavy (non-hydrogen) atoms. The van der Waals surface area contributed by atoms with Gasteiger partial charge in [0.25, 0.3) is 0 Å². The van der Waals surface area contributed by atoms with Crippen molar-refractivity contribution in [1.82, 2.24) is 5.32 Å². The molecule has 0 amide bonds. The average molecular weight is 276 g/mol. The van der Waals surface area contributed by atoms with E-state index in [0.717, 1.165) is 37.9 Å². The van der Waals surface area contributed by atoms with Crippen molar-refractivity contribution < 1.29 is 9.84 Å². The molecular weight excluding hydrogens is 252 g/mol. The monoisotopic (exact) mass is 276 g/mol. The fourth-order valence-corrected chi connectivity index (χ4v) is 2.31. The van der Waals surface area contributed by atoms with E-state index >= 15 is 0 Å². The second kappa shape index (κ2) is 9.35. The van der Waals surface area contributed by atoms with Gasteiger partial charge in [0.2, 0.25) is 0 Å². The maximum Gasteiger partial charge on any atom is 0.136 e. The van der Waals surface area contributed by atoms with Gasteiger partial charge in [0, 0.05) is 13.2 Å². The van der Waals surface area contributed by atoms with E-state index in [1.807, 2.05) is 18.2 Å². The molecule has 1 aromatic rings. The number of methoxy groups -OCH3 is 1. The number of benzene rings is 1. The molecule has 4 nitrogen and oxygen atoms in total. The van der Waals surface area contributed by atoms with Gasteiger partial charge in [0.1, 0.15) is 11.8 Å². The maximum absolute atomic E-state index is 9.05. The van der Waals surface area contributed by atoms with Crippen LogP contribution in [0.1, 0.15) is 37.3 Å². The summed E-state index contributed by atoms with van der Waals surface area (Å²) in [6, 6.07) is 7.79. The third kappa shape index (κ3) is 5.20. The minimum atomic E-state index is 0.244. The molecule has 0 aliphatic heterocycles. The fourth-order valence-electron chi connectivity index (χ4n) is 2.31. The average Bonchev–Trinajstić information content (AvgIpc) is 2.47. The number of aliphatic hydroxyl groups excluding tert-OH is 1. The number of hydrogen-bond acceptors (Lipinski definition) is 4. The van der Waals surface area contributed by atoms with Gasteiger partial charge >= 0.3 is 0 Å². The Hall–Kier alpha value is -1.57. The van der Waals surface area contributed by atoms with Crippen molar-refractivity contribution in [2.24, 2.45) is 5.92 Å². The molecule has 4 heteroatoms. The van der Waals surface area contributed by atoms with E-state index in [0.29, 0.717) is 17.2 Å². The molecule has 0 aliphatic rings. The molecule has 1 atom stereocenters. The van der Waals surface area contributed by atoms with Crippen molar-refractivity contribution >= 4 is 0 Å². The highest BCUT2D eigenvalue weighted by Crippen LogP contribution is 2.18. The first-order valence-corrected chi connectivity index (χ1v) is 7.13. The summed E-state index contributed by atoms with van der Waals surface area (Å²) in [5, 5.41) is 21.5. The Bertz CT molecular complexity index is 435. The van der Waals surface area contributed by atoms with E-state index in [-0.39, 0.29) is 6.61 Å². The highest BCUT2D eigenvalue weighted by molar-refractivity contribution is 5.45. The molecule has 2 N–H and O–H groups in total. The van der Waals surface area contributed by atoms with E-state index in [4.69, 9.17) is 15.1 Å². The van der Waals surface area contributed by atoms with Crippen LogP contribution in [0.4, 0.5) is 0 Å². The topological polar surface area (TPSA) is 65.3 Å². The van der Waals surface area contributed by atoms with E-state index in [1.54, 1.807) is 7.11 Å². The Balaban J connectivity index is 2.51. The first kappa shape index (κ1) is 16.5. The van der Waals surface area contributed by atoms with E-state index in [9.17, 15) is 0 Å². The number of nitriles is 1. The molecule has 1 unspecified atom stereocenters. The van der Waals surface area contributed by atoms with Gasteiger partial charge in [0.05, 0.1) is 12.7 Å². The zero-order chi connectivity index (χ0) is 14.8. The SMILES string of the molecule is CCCC(CCO)CNCc1ccc(OC)c(C#N)c1. The molecule has 0 bridgehead atoms. The van der Waals surface area contributed by atoms with Gasteiger partial charge < -0.3 is 15.2 Å². The zero-order valence-corrected chi connectivity index (χ0v) is 12.4. The molecule has 110 valence electrons. The molecule has 0 fully saturated rings. The van der Waals surface area contributed by atoms with Crippen LogP contribution in [0.3, 0.4) is 0 Å². The van der Waals surface area contributed by atoms with Gasteiger partial charge in [-0.15, -0.1) is 0 Å². The van der Waals surface area contributed by atoms with Gasteiger partial charge in [-0.05, 0) is 43.0 Å². The largest absolute Gasteiger partial charge is 0.495 e. The molecule has 0 saturated heterocycles. The Labute approximate surface area is 121 Å². The van der Waals surface area contributed by atoms with Crippen molar-refractivity contribution in [3.05, 3.63) is 29.3 Å². The van der Waals surface area contributed by atoms with Crippen molar-refractivity contribution in [2.45, 2.75) is 32.7 Å². The van der Waals surface area contributed by atoms with Crippen LogP contribution in [0.5, 0.6) is 5.75 Å². The van der Waals surface area contributed by atoms with Crippen LogP contribution in [0.25, 0.3) is 0 Å². The highest BCUT2D eigenvalue weighted by Gasteiger charge is 2.07. The number of nitrogens with zero attached hydrogens (tertiary/aromatic N) is 1. The van der Waals surface area contributed by atoms with Crippen LogP contribution in [-0.2, 0) is 6.54 Å². The Morgan fingerprint density at radius 1 is 1.40 bits per heavy atom. The van der Waals surface area contributed by atoms with Crippen molar-refractivity contribution in [3.8, 4) is 11.8 Å². The molecule has 0 heterocycles. The Morgan fingerprint density at radius 3 is 2.80 bits per heavy atom. The third-order valence-corrected chi connectivity index (χ3v) is 3.38. The molecule has 0 aliphatic carbocycles. The van der Waals surface area contributed by atoms with Crippen LogP contribution in [-0.4, -0.2) is 25.4 Å². The second-order valence-electron chi connectivity index (χ2n) is 4.94. The van der Waals surface area contributed by atoms with Gasteiger partial charge in [-0.2, -0.15) is 5.26 Å². The number of aliphatic hydroxyl groups is 1. The van der Waals surface area contributed by atoms with Gasteiger partial charge in [-0.3, -0.25) is 0 Å². The van der Waals surface area contributed by atoms with Crippen LogP contribution >= 0.6 is 0 Å². The fraction of sp³-hybridized carbons (Fsp3) is 0.562. The lowest BCUT2D eigenvalue weighted by Crippen LogP contribution is -2.23. The van der Waals surface area contributed by atoms with Crippen molar-refractivity contribution in [2.75, 3.05) is 20.3 Å². The summed E-state index contributed by atoms with van der Waals surface area (Å²) in [5.74, 6) is 1.12. The summed E-state index contributed by atoms with van der Waals surface area (Å²) in [7, 11) is 1.57. The first-order chi connectivity index (χ1) is 9.74. The van der Waals surface area contributed by atoms with Gasteiger partial charge in [-0.1, -0.05) is 19.4 Å². The Morgan fingerprint density at radius 2 is 2.20 bits per heavy atom. The number of nitrogens with one attached hydrogen (secondary N) is 1. The summed E-state index contributed by atoms with van der Waals surface area (Å²) in [5.41, 5.74) is 1.63. The lowest BCUT2D eigenvalue weighted by atomic mass is 10.00. The summed E-state index contributed by atoms with van der Waals surface area (Å²) in [6.07, 6.45) is 3.10. The predicted octanol–water partition coefficient (Wildman–Crippen LogP) is 2.46. The molecule has 0 saturated carbocycles. The van der Waals surface area contributed by atoms with Gasteiger partial charge in [-0.25, -0.2) is 0 Å². The first-order valence-electron chi connectivity index (χ1n) is 7.13. The van der Waals surface area contributed by atoms with Crippen molar-refractivity contribution in [1.29, 1.82) is 5.26 Å². The molecule has 1 aromatic carbocycles. The molecule has 0 aromatic heterocycles. The standard InChI is InChI=1S/C16H24N2O2/c1-3-4-13(7-8-19)11-18-12-14-5-6-16(20-2)15(9-14)10-17/h5-6,9,13,18-19H,3-4,7-8,11-12H2,1-2H3. The number of rotatable bonds is 9. The minimum absolute atomic E-state index is 0.244. The molecule has 0 radical (unpaired) electrons. The van der Waals surface area contributed by atoms with E-state index in [1.165, 1.54) is 0 Å². The van der Waals surface area contributed by atoms with Crippen molar-refractivity contribution in [3.63, 3.8) is 0 Å². The summed E-state index contributed by atoms with van der Waals surface area (Å²) in [4.78, 5) is 0. The smallest absolute Gasteiger partial charge is 0.136 e. The lowest BCUT2D eigenvalue weighted by molar-refractivity contribution is 0.248. The minimum Gasteiger partial charge on any atom is -0.495 e. The van der Waals surface area contributed by atoms with Crippen LogP contribution in [0.15, 0.2) is 18.2 Å². The predicted molar refractivity (Wildman–Crippen MR) is 79.5 cm³/mol. The van der Waals surface area contributed by atoms with Crippen LogP contribution in [0, 0.1) is 17.2 Å². The Kier molecular flexibility index (Phi) is 7.71. The summed E-state index contributed by atoms with van der Waals surface area (Å²) < 4.78 is 5.13.